The highest BCUT2D eigenvalue weighted by atomic mass is 32.1. The maximum Gasteiger partial charge on any atom is 0.416 e. The normalized spacial score (nSPS) is 15.1. The van der Waals surface area contributed by atoms with Crippen LogP contribution in [0.25, 0.3) is 0 Å². The van der Waals surface area contributed by atoms with Gasteiger partial charge in [-0.2, -0.15) is 13.2 Å². The Morgan fingerprint density at radius 1 is 1.00 bits per heavy atom. The highest BCUT2D eigenvalue weighted by Crippen LogP contribution is 2.39. The zero-order valence-electron chi connectivity index (χ0n) is 21.1. The molecule has 0 fully saturated rings. The summed E-state index contributed by atoms with van der Waals surface area (Å²) in [7, 11) is 3.14. The third-order valence-electron chi connectivity index (χ3n) is 6.31. The maximum atomic E-state index is 13.2. The molecular formula is C28H29F3N2O3S. The first-order chi connectivity index (χ1) is 17.6. The predicted octanol–water partition coefficient (Wildman–Crippen LogP) is 6.71. The fourth-order valence-electron chi connectivity index (χ4n) is 4.63. The summed E-state index contributed by atoms with van der Waals surface area (Å²) < 4.78 is 56.6. The number of rotatable bonds is 6. The Hall–Kier alpha value is -3.46. The number of aryl methyl sites for hydroxylation is 2. The number of hydrogen-bond donors (Lipinski definition) is 1. The molecule has 1 heterocycles. The Morgan fingerprint density at radius 3 is 2.32 bits per heavy atom. The lowest BCUT2D eigenvalue weighted by molar-refractivity contribution is -0.137. The van der Waals surface area contributed by atoms with Crippen molar-refractivity contribution >= 4 is 23.0 Å². The number of ether oxygens (including phenoxy) is 3. The number of nitrogens with one attached hydrogen (secondary N) is 1. The van der Waals surface area contributed by atoms with Crippen LogP contribution in [-0.4, -0.2) is 37.4 Å². The van der Waals surface area contributed by atoms with Crippen LogP contribution in [-0.2, 0) is 12.6 Å². The average molecular weight is 531 g/mol. The van der Waals surface area contributed by atoms with Crippen molar-refractivity contribution in [2.24, 2.45) is 0 Å². The largest absolute Gasteiger partial charge is 0.493 e. The Kier molecular flexibility index (Phi) is 7.82. The third-order valence-corrected chi connectivity index (χ3v) is 6.64. The third kappa shape index (κ3) is 6.10. The van der Waals surface area contributed by atoms with Crippen molar-refractivity contribution in [3.05, 3.63) is 82.4 Å². The van der Waals surface area contributed by atoms with E-state index >= 15 is 0 Å². The minimum atomic E-state index is -4.45. The van der Waals surface area contributed by atoms with E-state index in [2.05, 4.69) is 11.4 Å². The minimum absolute atomic E-state index is 0.0818. The van der Waals surface area contributed by atoms with E-state index < -0.39 is 11.7 Å². The van der Waals surface area contributed by atoms with Crippen molar-refractivity contribution in [3.8, 4) is 17.2 Å². The summed E-state index contributed by atoms with van der Waals surface area (Å²) in [5, 5.41) is 3.83. The highest BCUT2D eigenvalue weighted by Gasteiger charge is 2.33. The van der Waals surface area contributed by atoms with E-state index in [1.165, 1.54) is 12.1 Å². The van der Waals surface area contributed by atoms with Crippen LogP contribution in [0, 0.1) is 13.8 Å². The SMILES string of the molecule is COc1cc2c(cc1OC)C(COc1cccc(C(F)(F)F)c1)N(C(=S)Nc1cc(C)cc(C)c1)CC2. The van der Waals surface area contributed by atoms with Crippen LogP contribution in [0.2, 0.25) is 0 Å². The van der Waals surface area contributed by atoms with E-state index in [0.717, 1.165) is 40.1 Å². The molecule has 0 saturated carbocycles. The number of methoxy groups -OCH3 is 2. The summed E-state index contributed by atoms with van der Waals surface area (Å²) in [5.74, 6) is 1.30. The second-order valence-electron chi connectivity index (χ2n) is 9.01. The number of nitrogens with zero attached hydrogens (tertiary/aromatic N) is 1. The van der Waals surface area contributed by atoms with Gasteiger partial charge in [0.1, 0.15) is 12.4 Å². The molecule has 1 N–H and O–H groups in total. The van der Waals surface area contributed by atoms with E-state index in [9.17, 15) is 13.2 Å². The minimum Gasteiger partial charge on any atom is -0.493 e. The van der Waals surface area contributed by atoms with Gasteiger partial charge >= 0.3 is 6.18 Å². The maximum absolute atomic E-state index is 13.2. The molecule has 3 aromatic carbocycles. The zero-order valence-corrected chi connectivity index (χ0v) is 21.9. The lowest BCUT2D eigenvalue weighted by Gasteiger charge is -2.39. The van der Waals surface area contributed by atoms with Gasteiger partial charge < -0.3 is 24.4 Å². The van der Waals surface area contributed by atoms with Crippen molar-refractivity contribution < 1.29 is 27.4 Å². The Balaban J connectivity index is 1.66. The molecule has 0 aliphatic carbocycles. The number of anilines is 1. The van der Waals surface area contributed by atoms with Gasteiger partial charge in [-0.25, -0.2) is 0 Å². The van der Waals surface area contributed by atoms with E-state index in [1.807, 2.05) is 43.0 Å². The summed E-state index contributed by atoms with van der Waals surface area (Å²) in [6.45, 7) is 4.71. The lowest BCUT2D eigenvalue weighted by Crippen LogP contribution is -2.44. The molecule has 0 bridgehead atoms. The number of halogens is 3. The summed E-state index contributed by atoms with van der Waals surface area (Å²) in [6.07, 6.45) is -3.76. The van der Waals surface area contributed by atoms with Gasteiger partial charge in [-0.3, -0.25) is 0 Å². The van der Waals surface area contributed by atoms with Crippen molar-refractivity contribution in [3.63, 3.8) is 0 Å². The van der Waals surface area contributed by atoms with Crippen molar-refractivity contribution in [2.45, 2.75) is 32.5 Å². The second-order valence-corrected chi connectivity index (χ2v) is 9.40. The molecule has 0 radical (unpaired) electrons. The average Bonchev–Trinajstić information content (AvgIpc) is 2.85. The molecule has 0 amide bonds. The van der Waals surface area contributed by atoms with Crippen LogP contribution in [0.15, 0.2) is 54.6 Å². The van der Waals surface area contributed by atoms with Crippen molar-refractivity contribution in [1.29, 1.82) is 0 Å². The number of fused-ring (bicyclic) bond motifs is 1. The van der Waals surface area contributed by atoms with E-state index in [1.54, 1.807) is 14.2 Å². The van der Waals surface area contributed by atoms with Crippen LogP contribution in [0.3, 0.4) is 0 Å². The first kappa shape index (κ1) is 26.6. The number of benzene rings is 3. The molecule has 3 aromatic rings. The van der Waals surface area contributed by atoms with Crippen molar-refractivity contribution in [2.75, 3.05) is 32.7 Å². The highest BCUT2D eigenvalue weighted by molar-refractivity contribution is 7.80. The van der Waals surface area contributed by atoms with Gasteiger partial charge in [0, 0.05) is 12.2 Å². The number of hydrogen-bond acceptors (Lipinski definition) is 4. The Morgan fingerprint density at radius 2 is 1.68 bits per heavy atom. The van der Waals surface area contributed by atoms with Crippen LogP contribution >= 0.6 is 12.2 Å². The summed E-state index contributed by atoms with van der Waals surface area (Å²) in [5.41, 5.74) is 4.29. The topological polar surface area (TPSA) is 43.0 Å². The molecule has 0 aromatic heterocycles. The van der Waals surface area contributed by atoms with Gasteiger partial charge in [0.25, 0.3) is 0 Å². The zero-order chi connectivity index (χ0) is 26.7. The summed E-state index contributed by atoms with van der Waals surface area (Å²) >= 11 is 5.81. The van der Waals surface area contributed by atoms with Gasteiger partial charge in [-0.15, -0.1) is 0 Å². The molecule has 1 aliphatic rings. The van der Waals surface area contributed by atoms with Crippen LogP contribution < -0.4 is 19.5 Å². The number of alkyl halides is 3. The molecule has 1 atom stereocenters. The smallest absolute Gasteiger partial charge is 0.416 e. The Bertz CT molecular complexity index is 1280. The van der Waals surface area contributed by atoms with E-state index in [0.29, 0.717) is 29.6 Å². The van der Waals surface area contributed by atoms with Gasteiger partial charge in [-0.05, 0) is 97.2 Å². The van der Waals surface area contributed by atoms with Gasteiger partial charge in [0.2, 0.25) is 0 Å². The summed E-state index contributed by atoms with van der Waals surface area (Å²) in [6, 6.07) is 14.4. The van der Waals surface area contributed by atoms with Gasteiger partial charge in [0.05, 0.1) is 25.8 Å². The van der Waals surface area contributed by atoms with Crippen LogP contribution in [0.4, 0.5) is 18.9 Å². The monoisotopic (exact) mass is 530 g/mol. The van der Waals surface area contributed by atoms with Crippen LogP contribution in [0.5, 0.6) is 17.2 Å². The quantitative estimate of drug-likeness (QED) is 0.357. The van der Waals surface area contributed by atoms with Gasteiger partial charge in [0.15, 0.2) is 16.6 Å². The first-order valence-electron chi connectivity index (χ1n) is 11.8. The predicted molar refractivity (Wildman–Crippen MR) is 142 cm³/mol. The van der Waals surface area contributed by atoms with Crippen LogP contribution in [0.1, 0.15) is 33.9 Å². The molecule has 5 nitrogen and oxygen atoms in total. The van der Waals surface area contributed by atoms with E-state index in [4.69, 9.17) is 26.4 Å². The van der Waals surface area contributed by atoms with Crippen molar-refractivity contribution in [1.82, 2.24) is 4.90 Å². The molecule has 0 saturated heterocycles. The fourth-order valence-corrected chi connectivity index (χ4v) is 4.97. The molecule has 4 rings (SSSR count). The molecule has 1 unspecified atom stereocenters. The lowest BCUT2D eigenvalue weighted by atomic mass is 9.92. The summed E-state index contributed by atoms with van der Waals surface area (Å²) in [4.78, 5) is 2.01. The molecule has 1 aliphatic heterocycles. The standard InChI is InChI=1S/C28H29F3N2O3S/c1-17-10-18(2)12-21(11-17)32-27(37)33-9-8-19-13-25(34-3)26(35-4)15-23(19)24(33)16-36-22-7-5-6-20(14-22)28(29,30)31/h5-7,10-15,24H,8-9,16H2,1-4H3,(H,32,37). The van der Waals surface area contributed by atoms with Gasteiger partial charge in [-0.1, -0.05) is 12.1 Å². The Labute approximate surface area is 220 Å². The molecular weight excluding hydrogens is 501 g/mol. The van der Waals surface area contributed by atoms with E-state index in [-0.39, 0.29) is 18.4 Å². The fraction of sp³-hybridized carbons (Fsp3) is 0.321. The molecule has 9 heteroatoms. The molecule has 0 spiro atoms. The molecule has 37 heavy (non-hydrogen) atoms. The molecule has 196 valence electrons. The second kappa shape index (κ2) is 10.9. The number of thiocarbonyl (C=S) groups is 1. The first-order valence-corrected chi connectivity index (χ1v) is 12.2.